The highest BCUT2D eigenvalue weighted by atomic mass is 32.2. The Labute approximate surface area is 182 Å². The maximum atomic E-state index is 13.0. The number of sulfonamides is 1. The molecule has 0 spiro atoms. The van der Waals surface area contributed by atoms with Crippen molar-refractivity contribution in [1.82, 2.24) is 9.62 Å². The van der Waals surface area contributed by atoms with E-state index in [-0.39, 0.29) is 11.8 Å². The predicted molar refractivity (Wildman–Crippen MR) is 120 cm³/mol. The van der Waals surface area contributed by atoms with E-state index in [0.717, 1.165) is 51.9 Å². The zero-order valence-corrected chi connectivity index (χ0v) is 18.7. The first kappa shape index (κ1) is 21.3. The number of piperazine rings is 1. The lowest BCUT2D eigenvalue weighted by atomic mass is 9.81. The van der Waals surface area contributed by atoms with Crippen LogP contribution in [0.15, 0.2) is 52.1 Å². The highest BCUT2D eigenvalue weighted by Gasteiger charge is 2.31. The quantitative estimate of drug-likeness (QED) is 0.738. The molecule has 0 atom stereocenters. The van der Waals surface area contributed by atoms with Gasteiger partial charge in [0.1, 0.15) is 4.21 Å². The third kappa shape index (κ3) is 5.04. The zero-order chi connectivity index (χ0) is 21.0. The van der Waals surface area contributed by atoms with E-state index in [0.29, 0.717) is 16.7 Å². The molecule has 1 saturated heterocycles. The van der Waals surface area contributed by atoms with Crippen molar-refractivity contribution >= 4 is 33.0 Å². The molecule has 4 rings (SSSR count). The second kappa shape index (κ2) is 9.49. The Bertz CT molecular complexity index is 916. The number of para-hydroxylation sites is 1. The van der Waals surface area contributed by atoms with Gasteiger partial charge in [-0.05, 0) is 55.2 Å². The van der Waals surface area contributed by atoms with Crippen LogP contribution in [0.5, 0.6) is 0 Å². The number of rotatable bonds is 6. The van der Waals surface area contributed by atoms with Crippen LogP contribution in [0.2, 0.25) is 0 Å². The van der Waals surface area contributed by atoms with Crippen molar-refractivity contribution in [3.63, 3.8) is 0 Å². The first-order valence-electron chi connectivity index (χ1n) is 10.6. The summed E-state index contributed by atoms with van der Waals surface area (Å²) in [7, 11) is -3.40. The normalized spacial score (nSPS) is 22.8. The van der Waals surface area contributed by atoms with Crippen LogP contribution in [-0.2, 0) is 14.8 Å². The Morgan fingerprint density at radius 2 is 1.67 bits per heavy atom. The average molecular weight is 448 g/mol. The van der Waals surface area contributed by atoms with Gasteiger partial charge in [-0.15, -0.1) is 11.3 Å². The van der Waals surface area contributed by atoms with E-state index in [2.05, 4.69) is 21.8 Å². The van der Waals surface area contributed by atoms with Gasteiger partial charge in [0.2, 0.25) is 15.9 Å². The molecule has 0 radical (unpaired) electrons. The van der Waals surface area contributed by atoms with Gasteiger partial charge in [0.25, 0.3) is 0 Å². The summed E-state index contributed by atoms with van der Waals surface area (Å²) in [5, 5.41) is 1.77. The lowest BCUT2D eigenvalue weighted by Gasteiger charge is -2.38. The lowest BCUT2D eigenvalue weighted by molar-refractivity contribution is -0.137. The minimum atomic E-state index is -3.40. The minimum absolute atomic E-state index is 0.0819. The lowest BCUT2D eigenvalue weighted by Crippen LogP contribution is -2.50. The second-order valence-electron chi connectivity index (χ2n) is 8.15. The van der Waals surface area contributed by atoms with Crippen molar-refractivity contribution in [2.75, 3.05) is 37.6 Å². The summed E-state index contributed by atoms with van der Waals surface area (Å²) >= 11 is 1.23. The Hall–Kier alpha value is -1.90. The number of anilines is 1. The Kier molecular flexibility index (Phi) is 6.75. The molecule has 1 saturated carbocycles. The fourth-order valence-electron chi connectivity index (χ4n) is 4.41. The fourth-order valence-corrected chi connectivity index (χ4v) is 6.56. The molecular formula is C22H29N3O3S2. The Morgan fingerprint density at radius 3 is 2.30 bits per heavy atom. The van der Waals surface area contributed by atoms with Gasteiger partial charge >= 0.3 is 0 Å². The number of thiophene rings is 1. The van der Waals surface area contributed by atoms with Gasteiger partial charge in [-0.3, -0.25) is 4.79 Å². The largest absolute Gasteiger partial charge is 0.368 e. The molecule has 30 heavy (non-hydrogen) atoms. The average Bonchev–Trinajstić information content (AvgIpc) is 3.35. The van der Waals surface area contributed by atoms with Crippen molar-refractivity contribution in [1.29, 1.82) is 0 Å². The van der Waals surface area contributed by atoms with Gasteiger partial charge in [0.05, 0.1) is 0 Å². The molecule has 1 aromatic heterocycles. The molecule has 1 aliphatic heterocycles. The number of hydrogen-bond acceptors (Lipinski definition) is 5. The topological polar surface area (TPSA) is 69.7 Å². The van der Waals surface area contributed by atoms with Crippen molar-refractivity contribution in [3.8, 4) is 0 Å². The van der Waals surface area contributed by atoms with Crippen LogP contribution in [0, 0.1) is 11.8 Å². The van der Waals surface area contributed by atoms with E-state index in [9.17, 15) is 13.2 Å². The summed E-state index contributed by atoms with van der Waals surface area (Å²) in [5.74, 6) is 0.664. The maximum absolute atomic E-state index is 13.0. The molecule has 2 heterocycles. The summed E-state index contributed by atoms with van der Waals surface area (Å²) in [6, 6.07) is 13.7. The van der Waals surface area contributed by atoms with Gasteiger partial charge in [-0.2, -0.15) is 0 Å². The number of carbonyl (C=O) groups excluding carboxylic acids is 1. The summed E-state index contributed by atoms with van der Waals surface area (Å²) in [4.78, 5) is 17.3. The molecular weight excluding hydrogens is 418 g/mol. The molecule has 1 amide bonds. The molecule has 162 valence electrons. The fraction of sp³-hybridized carbons (Fsp3) is 0.500. The number of benzene rings is 1. The molecule has 1 aliphatic carbocycles. The minimum Gasteiger partial charge on any atom is -0.368 e. The van der Waals surface area contributed by atoms with Crippen LogP contribution in [0.4, 0.5) is 5.69 Å². The maximum Gasteiger partial charge on any atom is 0.250 e. The second-order valence-corrected chi connectivity index (χ2v) is 11.1. The molecule has 8 heteroatoms. The summed E-state index contributed by atoms with van der Waals surface area (Å²) in [5.41, 5.74) is 1.22. The first-order valence-corrected chi connectivity index (χ1v) is 13.0. The van der Waals surface area contributed by atoms with E-state index >= 15 is 0 Å². The highest BCUT2D eigenvalue weighted by molar-refractivity contribution is 7.91. The molecule has 2 fully saturated rings. The van der Waals surface area contributed by atoms with Gasteiger partial charge in [-0.25, -0.2) is 13.1 Å². The number of nitrogens with zero attached hydrogens (tertiary/aromatic N) is 2. The third-order valence-corrected chi connectivity index (χ3v) is 9.05. The smallest absolute Gasteiger partial charge is 0.250 e. The SMILES string of the molecule is O=C(C1CCC(CNS(=O)(=O)c2cccs2)CC1)N1CCN(c2ccccc2)CC1. The molecule has 6 nitrogen and oxygen atoms in total. The molecule has 0 unspecified atom stereocenters. The van der Waals surface area contributed by atoms with Crippen LogP contribution in [0.3, 0.4) is 0 Å². The van der Waals surface area contributed by atoms with E-state index in [1.807, 2.05) is 23.1 Å². The van der Waals surface area contributed by atoms with E-state index in [1.165, 1.54) is 17.0 Å². The summed E-state index contributed by atoms with van der Waals surface area (Å²) in [6.07, 6.45) is 3.49. The van der Waals surface area contributed by atoms with Crippen LogP contribution >= 0.6 is 11.3 Å². The van der Waals surface area contributed by atoms with E-state index < -0.39 is 10.0 Å². The first-order chi connectivity index (χ1) is 14.5. The third-order valence-electron chi connectivity index (χ3n) is 6.23. The van der Waals surface area contributed by atoms with Crippen LogP contribution in [-0.4, -0.2) is 51.9 Å². The van der Waals surface area contributed by atoms with Crippen molar-refractivity contribution in [2.24, 2.45) is 11.8 Å². The van der Waals surface area contributed by atoms with E-state index in [4.69, 9.17) is 0 Å². The predicted octanol–water partition coefficient (Wildman–Crippen LogP) is 3.18. The number of nitrogens with one attached hydrogen (secondary N) is 1. The molecule has 2 aromatic rings. The number of hydrogen-bond donors (Lipinski definition) is 1. The van der Waals surface area contributed by atoms with Crippen LogP contribution < -0.4 is 9.62 Å². The summed E-state index contributed by atoms with van der Waals surface area (Å²) < 4.78 is 27.7. The van der Waals surface area contributed by atoms with E-state index in [1.54, 1.807) is 17.5 Å². The van der Waals surface area contributed by atoms with Gasteiger partial charge in [0.15, 0.2) is 0 Å². The zero-order valence-electron chi connectivity index (χ0n) is 17.1. The van der Waals surface area contributed by atoms with Crippen LogP contribution in [0.25, 0.3) is 0 Å². The van der Waals surface area contributed by atoms with Crippen molar-refractivity contribution < 1.29 is 13.2 Å². The highest BCUT2D eigenvalue weighted by Crippen LogP contribution is 2.30. The standard InChI is InChI=1S/C22H29N3O3S2/c26-22(25-14-12-24(13-15-25)20-5-2-1-3-6-20)19-10-8-18(9-11-19)17-23-30(27,28)21-7-4-16-29-21/h1-7,16,18-19,23H,8-15,17H2. The molecule has 0 bridgehead atoms. The van der Waals surface area contributed by atoms with Gasteiger partial charge in [0, 0.05) is 44.3 Å². The molecule has 2 aliphatic rings. The van der Waals surface area contributed by atoms with Gasteiger partial charge < -0.3 is 9.80 Å². The van der Waals surface area contributed by atoms with Crippen molar-refractivity contribution in [2.45, 2.75) is 29.9 Å². The molecule has 1 N–H and O–H groups in total. The Balaban J connectivity index is 1.21. The molecule has 1 aromatic carbocycles. The van der Waals surface area contributed by atoms with Gasteiger partial charge in [-0.1, -0.05) is 24.3 Å². The summed E-state index contributed by atoms with van der Waals surface area (Å²) in [6.45, 7) is 3.74. The number of carbonyl (C=O) groups is 1. The Morgan fingerprint density at radius 1 is 0.967 bits per heavy atom. The monoisotopic (exact) mass is 447 g/mol. The van der Waals surface area contributed by atoms with Crippen molar-refractivity contribution in [3.05, 3.63) is 47.8 Å². The van der Waals surface area contributed by atoms with Crippen LogP contribution in [0.1, 0.15) is 25.7 Å². The number of amides is 1.